The monoisotopic (exact) mass is 460 g/mol. The van der Waals surface area contributed by atoms with Crippen LogP contribution < -0.4 is 0 Å². The molecular formula is C17H37BPb. The summed E-state index contributed by atoms with van der Waals surface area (Å²) >= 11 is -2.11. The van der Waals surface area contributed by atoms with Crippen LogP contribution in [0.4, 0.5) is 0 Å². The molecule has 0 bridgehead atoms. The van der Waals surface area contributed by atoms with E-state index in [1.54, 1.807) is 5.47 Å². The molecule has 0 heterocycles. The van der Waals surface area contributed by atoms with Crippen LogP contribution in [0.15, 0.2) is 9.11 Å². The summed E-state index contributed by atoms with van der Waals surface area (Å²) in [6.45, 7) is 22.6. The molecule has 0 aromatic rings. The Morgan fingerprint density at radius 3 is 1.42 bits per heavy atom. The van der Waals surface area contributed by atoms with Gasteiger partial charge in [0.1, 0.15) is 0 Å². The fourth-order valence-corrected chi connectivity index (χ4v) is 16.6. The summed E-state index contributed by atoms with van der Waals surface area (Å²) in [6, 6.07) is 0. The van der Waals surface area contributed by atoms with E-state index in [1.165, 1.54) is 11.9 Å². The average molecular weight is 459 g/mol. The van der Waals surface area contributed by atoms with Gasteiger partial charge in [0.15, 0.2) is 0 Å². The van der Waals surface area contributed by atoms with Crippen LogP contribution in [0.5, 0.6) is 0 Å². The van der Waals surface area contributed by atoms with Crippen molar-refractivity contribution < 1.29 is 0 Å². The van der Waals surface area contributed by atoms with Gasteiger partial charge in [-0.1, -0.05) is 0 Å². The van der Waals surface area contributed by atoms with Gasteiger partial charge in [0.2, 0.25) is 0 Å². The predicted octanol–water partition coefficient (Wildman–Crippen LogP) is 6.47. The van der Waals surface area contributed by atoms with E-state index in [4.69, 9.17) is 0 Å². The third-order valence-electron chi connectivity index (χ3n) is 5.07. The molecule has 112 valence electrons. The van der Waals surface area contributed by atoms with Gasteiger partial charge >= 0.3 is 129 Å². The maximum absolute atomic E-state index is 2.89. The van der Waals surface area contributed by atoms with E-state index in [1.807, 2.05) is 0 Å². The third kappa shape index (κ3) is 5.55. The SMILES string of the molecule is C[CH2][Pb](/[CH]=C(\B(C(C)C)C(C)C)C(C)C)([CH2]C)[CH2]C. The standard InChI is InChI=1S/C11H22B.3C2H5.Pb/c1-8(2)11(7)12(9(3)4)10(5)6;3*1-2;/h7-10H,1-6H3;3*1H2,2H3;. The zero-order valence-electron chi connectivity index (χ0n) is 15.0. The van der Waals surface area contributed by atoms with Crippen LogP contribution in [0.1, 0.15) is 62.3 Å². The van der Waals surface area contributed by atoms with Crippen LogP contribution in [0, 0.1) is 5.92 Å². The summed E-state index contributed by atoms with van der Waals surface area (Å²) in [5.74, 6) is 2.26. The van der Waals surface area contributed by atoms with Crippen molar-refractivity contribution in [3.05, 3.63) is 9.11 Å². The van der Waals surface area contributed by atoms with Gasteiger partial charge in [-0.3, -0.25) is 0 Å². The minimum atomic E-state index is -2.11. The second-order valence-electron chi connectivity index (χ2n) is 7.24. The van der Waals surface area contributed by atoms with E-state index >= 15 is 0 Å². The summed E-state index contributed by atoms with van der Waals surface area (Å²) in [4.78, 5) is 0. The average Bonchev–Trinajstić information content (AvgIpc) is 2.33. The molecule has 0 N–H and O–H groups in total. The molecule has 0 aliphatic carbocycles. The van der Waals surface area contributed by atoms with E-state index in [0.29, 0.717) is 0 Å². The van der Waals surface area contributed by atoms with Gasteiger partial charge in [-0.25, -0.2) is 0 Å². The fourth-order valence-electron chi connectivity index (χ4n) is 3.60. The Morgan fingerprint density at radius 2 is 1.21 bits per heavy atom. The van der Waals surface area contributed by atoms with E-state index in [9.17, 15) is 0 Å². The molecule has 0 fully saturated rings. The van der Waals surface area contributed by atoms with Crippen LogP contribution in [-0.2, 0) is 0 Å². The van der Waals surface area contributed by atoms with E-state index in [-0.39, 0.29) is 0 Å². The van der Waals surface area contributed by atoms with E-state index in [2.05, 4.69) is 65.9 Å². The number of allylic oxidation sites excluding steroid dienone is 1. The second kappa shape index (κ2) is 8.89. The molecule has 0 amide bonds. The van der Waals surface area contributed by atoms with Crippen LogP contribution in [0.3, 0.4) is 0 Å². The number of hydrogen-bond donors (Lipinski definition) is 0. The molecule has 0 radical (unpaired) electrons. The molecule has 0 saturated heterocycles. The summed E-state index contributed by atoms with van der Waals surface area (Å²) in [5, 5.41) is 0. The van der Waals surface area contributed by atoms with Gasteiger partial charge in [-0.05, 0) is 0 Å². The first-order chi connectivity index (χ1) is 8.74. The van der Waals surface area contributed by atoms with E-state index < -0.39 is 21.2 Å². The van der Waals surface area contributed by atoms with Crippen molar-refractivity contribution in [1.29, 1.82) is 0 Å². The normalized spacial score (nSPS) is 13.8. The Balaban J connectivity index is 5.63. The van der Waals surface area contributed by atoms with Gasteiger partial charge in [-0.2, -0.15) is 0 Å². The maximum atomic E-state index is 2.89. The summed E-state index contributed by atoms with van der Waals surface area (Å²) < 4.78 is 7.35. The Labute approximate surface area is 128 Å². The molecule has 0 aliphatic rings. The molecule has 0 atom stereocenters. The molecule has 0 aromatic heterocycles. The van der Waals surface area contributed by atoms with Crippen LogP contribution in [0.2, 0.25) is 23.6 Å². The minimum absolute atomic E-state index is 0.721. The zero-order valence-corrected chi connectivity index (χ0v) is 18.9. The van der Waals surface area contributed by atoms with Gasteiger partial charge in [0, 0.05) is 0 Å². The van der Waals surface area contributed by atoms with Gasteiger partial charge in [-0.15, -0.1) is 0 Å². The molecule has 0 nitrogen and oxygen atoms in total. The van der Waals surface area contributed by atoms with Crippen LogP contribution in [0.25, 0.3) is 0 Å². The third-order valence-corrected chi connectivity index (χ3v) is 25.2. The van der Waals surface area contributed by atoms with Crippen LogP contribution in [-0.4, -0.2) is 27.9 Å². The molecule has 0 spiro atoms. The number of rotatable bonds is 8. The topological polar surface area (TPSA) is 0 Å². The van der Waals surface area contributed by atoms with Crippen molar-refractivity contribution >= 4 is 27.9 Å². The summed E-state index contributed by atoms with van der Waals surface area (Å²) in [6.07, 6.45) is 0. The van der Waals surface area contributed by atoms with E-state index in [0.717, 1.165) is 24.3 Å². The molecular weight excluding hydrogens is 422 g/mol. The van der Waals surface area contributed by atoms with Gasteiger partial charge in [0.25, 0.3) is 0 Å². The van der Waals surface area contributed by atoms with Crippen molar-refractivity contribution in [2.45, 2.75) is 85.9 Å². The Kier molecular flexibility index (Phi) is 9.23. The van der Waals surface area contributed by atoms with Crippen molar-refractivity contribution in [2.24, 2.45) is 5.92 Å². The van der Waals surface area contributed by atoms with Crippen LogP contribution >= 0.6 is 0 Å². The fraction of sp³-hybridized carbons (Fsp3) is 0.882. The summed E-state index contributed by atoms with van der Waals surface area (Å²) in [5.41, 5.74) is 1.80. The number of hydrogen-bond acceptors (Lipinski definition) is 0. The van der Waals surface area contributed by atoms with Gasteiger partial charge in [0.05, 0.1) is 0 Å². The molecule has 0 rings (SSSR count). The Hall–Kier alpha value is 0.727. The van der Waals surface area contributed by atoms with Crippen molar-refractivity contribution in [3.8, 4) is 0 Å². The first-order valence-electron chi connectivity index (χ1n) is 8.47. The Bertz CT molecular complexity index is 259. The summed E-state index contributed by atoms with van der Waals surface area (Å²) in [7, 11) is 0. The molecule has 19 heavy (non-hydrogen) atoms. The van der Waals surface area contributed by atoms with Crippen molar-refractivity contribution in [2.75, 3.05) is 0 Å². The van der Waals surface area contributed by atoms with Gasteiger partial charge < -0.3 is 0 Å². The second-order valence-corrected chi connectivity index (χ2v) is 27.2. The first-order valence-corrected chi connectivity index (χ1v) is 19.0. The first kappa shape index (κ1) is 19.7. The Morgan fingerprint density at radius 1 is 0.842 bits per heavy atom. The van der Waals surface area contributed by atoms with Crippen molar-refractivity contribution in [1.82, 2.24) is 0 Å². The molecule has 2 heteroatoms. The molecule has 0 saturated carbocycles. The van der Waals surface area contributed by atoms with Crippen molar-refractivity contribution in [3.63, 3.8) is 0 Å². The molecule has 0 aromatic carbocycles. The zero-order chi connectivity index (χ0) is 15.2. The molecule has 0 aliphatic heterocycles. The predicted molar refractivity (Wildman–Crippen MR) is 96.1 cm³/mol. The quantitative estimate of drug-likeness (QED) is 0.365. The molecule has 0 unspecified atom stereocenters.